The largest absolute Gasteiger partial charge is 0.268 e. The van der Waals surface area contributed by atoms with Gasteiger partial charge in [-0.25, -0.2) is 0 Å². The maximum atomic E-state index is 5.64. The summed E-state index contributed by atoms with van der Waals surface area (Å²) in [6.07, 6.45) is 5.39. The van der Waals surface area contributed by atoms with Gasteiger partial charge in [0.25, 0.3) is 0 Å². The van der Waals surface area contributed by atoms with E-state index >= 15 is 0 Å². The molecule has 0 aliphatic carbocycles. The Bertz CT molecular complexity index is 974. The molecular formula is C19H18N4S. The second-order valence-electron chi connectivity index (χ2n) is 6.21. The van der Waals surface area contributed by atoms with Crippen LogP contribution < -0.4 is 0 Å². The Morgan fingerprint density at radius 1 is 0.833 bits per heavy atom. The van der Waals surface area contributed by atoms with Crippen LogP contribution in [0.5, 0.6) is 0 Å². The lowest BCUT2D eigenvalue weighted by Gasteiger charge is -2.06. The van der Waals surface area contributed by atoms with Crippen LogP contribution in [-0.4, -0.2) is 24.4 Å². The van der Waals surface area contributed by atoms with Gasteiger partial charge >= 0.3 is 0 Å². The van der Waals surface area contributed by atoms with E-state index in [0.29, 0.717) is 0 Å². The maximum Gasteiger partial charge on any atom is 0.0681 e. The van der Waals surface area contributed by atoms with E-state index in [4.69, 9.17) is 12.2 Å². The lowest BCUT2D eigenvalue weighted by molar-refractivity contribution is 0.796. The summed E-state index contributed by atoms with van der Waals surface area (Å²) in [6, 6.07) is 12.9. The van der Waals surface area contributed by atoms with E-state index in [1.54, 1.807) is 0 Å². The highest BCUT2D eigenvalue weighted by Gasteiger charge is 2.07. The first-order valence-electron chi connectivity index (χ1n) is 7.93. The van der Waals surface area contributed by atoms with Crippen molar-refractivity contribution in [1.29, 1.82) is 0 Å². The van der Waals surface area contributed by atoms with Gasteiger partial charge in [-0.15, -0.1) is 0 Å². The molecule has 0 spiro atoms. The first kappa shape index (κ1) is 15.0. The summed E-state index contributed by atoms with van der Waals surface area (Å²) in [5, 5.41) is 10.9. The van der Waals surface area contributed by atoms with Gasteiger partial charge < -0.3 is 0 Å². The highest BCUT2D eigenvalue weighted by Crippen LogP contribution is 2.18. The van der Waals surface area contributed by atoms with Crippen LogP contribution in [0.1, 0.15) is 11.1 Å². The predicted molar refractivity (Wildman–Crippen MR) is 101 cm³/mol. The molecule has 0 saturated carbocycles. The fraction of sp³-hybridized carbons (Fsp3) is 0.211. The molecule has 0 saturated heterocycles. The number of nitrogens with zero attached hydrogens (tertiary/aromatic N) is 4. The number of thiocarbonyl (C=S) groups is 1. The van der Waals surface area contributed by atoms with Gasteiger partial charge in [-0.1, -0.05) is 36.5 Å². The standard InChI is InChI=1S/C19H18N4S/c1-22-18-9-13(3-5-15(18)11-20-22)7-17(24)8-14-4-6-16-12-21-23(2)19(16)10-14/h3-6,9-12H,7-8H2,1-2H3. The van der Waals surface area contributed by atoms with Crippen LogP contribution in [0.4, 0.5) is 0 Å². The lowest BCUT2D eigenvalue weighted by atomic mass is 10.0. The van der Waals surface area contributed by atoms with Crippen molar-refractivity contribution in [3.8, 4) is 0 Å². The normalized spacial score (nSPS) is 11.4. The van der Waals surface area contributed by atoms with Crippen molar-refractivity contribution in [2.75, 3.05) is 0 Å². The van der Waals surface area contributed by atoms with Crippen LogP contribution in [0.2, 0.25) is 0 Å². The van der Waals surface area contributed by atoms with Gasteiger partial charge in [0, 0.05) is 42.6 Å². The average molecular weight is 334 g/mol. The summed E-state index contributed by atoms with van der Waals surface area (Å²) < 4.78 is 3.80. The van der Waals surface area contributed by atoms with Gasteiger partial charge in [-0.2, -0.15) is 10.2 Å². The first-order valence-corrected chi connectivity index (χ1v) is 8.34. The predicted octanol–water partition coefficient (Wildman–Crippen LogP) is 3.62. The molecular weight excluding hydrogens is 316 g/mol. The number of benzene rings is 2. The van der Waals surface area contributed by atoms with Crippen molar-refractivity contribution in [1.82, 2.24) is 19.6 Å². The summed E-state index contributed by atoms with van der Waals surface area (Å²) in [7, 11) is 3.93. The van der Waals surface area contributed by atoms with Crippen molar-refractivity contribution in [2.24, 2.45) is 14.1 Å². The van der Waals surface area contributed by atoms with Crippen molar-refractivity contribution >= 4 is 38.9 Å². The van der Waals surface area contributed by atoms with E-state index in [0.717, 1.165) is 39.5 Å². The molecule has 2 heterocycles. The average Bonchev–Trinajstić information content (AvgIpc) is 3.11. The molecule has 4 rings (SSSR count). The number of aryl methyl sites for hydroxylation is 2. The van der Waals surface area contributed by atoms with E-state index in [1.165, 1.54) is 11.1 Å². The number of hydrogen-bond acceptors (Lipinski definition) is 3. The highest BCUT2D eigenvalue weighted by atomic mass is 32.1. The Morgan fingerprint density at radius 3 is 1.75 bits per heavy atom. The van der Waals surface area contributed by atoms with Crippen LogP contribution in [0, 0.1) is 0 Å². The van der Waals surface area contributed by atoms with Gasteiger partial charge in [0.1, 0.15) is 0 Å². The summed E-state index contributed by atoms with van der Waals surface area (Å²) in [4.78, 5) is 1.04. The monoisotopic (exact) mass is 334 g/mol. The molecule has 4 aromatic rings. The highest BCUT2D eigenvalue weighted by molar-refractivity contribution is 7.80. The van der Waals surface area contributed by atoms with Crippen molar-refractivity contribution in [3.05, 3.63) is 59.9 Å². The molecule has 0 fully saturated rings. The number of aromatic nitrogens is 4. The Hall–Kier alpha value is -2.53. The molecule has 0 bridgehead atoms. The number of fused-ring (bicyclic) bond motifs is 2. The second-order valence-corrected chi connectivity index (χ2v) is 6.79. The Balaban J connectivity index is 1.54. The quantitative estimate of drug-likeness (QED) is 0.535. The van der Waals surface area contributed by atoms with E-state index < -0.39 is 0 Å². The SMILES string of the molecule is Cn1ncc2ccc(CC(=S)Cc3ccc4cnn(C)c4c3)cc21. The maximum absolute atomic E-state index is 5.64. The Kier molecular flexibility index (Phi) is 3.65. The third-order valence-electron chi connectivity index (χ3n) is 4.43. The van der Waals surface area contributed by atoms with Crippen LogP contribution in [0.3, 0.4) is 0 Å². The van der Waals surface area contributed by atoms with Crippen molar-refractivity contribution < 1.29 is 0 Å². The molecule has 0 aliphatic rings. The molecule has 120 valence electrons. The summed E-state index contributed by atoms with van der Waals surface area (Å²) >= 11 is 5.64. The third-order valence-corrected chi connectivity index (χ3v) is 4.72. The molecule has 4 nitrogen and oxygen atoms in total. The second kappa shape index (κ2) is 5.83. The van der Waals surface area contributed by atoms with Gasteiger partial charge in [0.05, 0.1) is 23.4 Å². The van der Waals surface area contributed by atoms with Gasteiger partial charge in [-0.05, 0) is 23.3 Å². The minimum Gasteiger partial charge on any atom is -0.268 e. The minimum atomic E-state index is 0.805. The zero-order valence-corrected chi connectivity index (χ0v) is 14.5. The van der Waals surface area contributed by atoms with E-state index in [-0.39, 0.29) is 0 Å². The third kappa shape index (κ3) is 2.71. The van der Waals surface area contributed by atoms with Crippen LogP contribution in [0.15, 0.2) is 48.8 Å². The smallest absolute Gasteiger partial charge is 0.0681 e. The number of hydrogen-bond donors (Lipinski definition) is 0. The summed E-state index contributed by atoms with van der Waals surface area (Å²) in [6.45, 7) is 0. The van der Waals surface area contributed by atoms with Crippen LogP contribution in [-0.2, 0) is 26.9 Å². The molecule has 5 heteroatoms. The first-order chi connectivity index (χ1) is 11.6. The van der Waals surface area contributed by atoms with E-state index in [9.17, 15) is 0 Å². The molecule has 24 heavy (non-hydrogen) atoms. The fourth-order valence-corrected chi connectivity index (χ4v) is 3.45. The van der Waals surface area contributed by atoms with Crippen LogP contribution in [0.25, 0.3) is 21.8 Å². The van der Waals surface area contributed by atoms with Gasteiger partial charge in [0.2, 0.25) is 0 Å². The van der Waals surface area contributed by atoms with Crippen LogP contribution >= 0.6 is 12.2 Å². The van der Waals surface area contributed by atoms with E-state index in [2.05, 4.69) is 46.6 Å². The molecule has 0 unspecified atom stereocenters. The molecule has 0 aliphatic heterocycles. The molecule has 2 aromatic carbocycles. The lowest BCUT2D eigenvalue weighted by Crippen LogP contribution is -2.04. The Morgan fingerprint density at radius 2 is 1.29 bits per heavy atom. The molecule has 0 N–H and O–H groups in total. The summed E-state index contributed by atoms with van der Waals surface area (Å²) in [5.74, 6) is 0. The summed E-state index contributed by atoms with van der Waals surface area (Å²) in [5.41, 5.74) is 4.76. The minimum absolute atomic E-state index is 0.805. The molecule has 0 atom stereocenters. The fourth-order valence-electron chi connectivity index (χ4n) is 3.12. The zero-order valence-electron chi connectivity index (χ0n) is 13.7. The van der Waals surface area contributed by atoms with E-state index in [1.807, 2.05) is 35.9 Å². The molecule has 0 radical (unpaired) electrons. The topological polar surface area (TPSA) is 35.6 Å². The van der Waals surface area contributed by atoms with Gasteiger partial charge in [-0.3, -0.25) is 9.36 Å². The van der Waals surface area contributed by atoms with Crippen molar-refractivity contribution in [2.45, 2.75) is 12.8 Å². The number of rotatable bonds is 4. The molecule has 2 aromatic heterocycles. The van der Waals surface area contributed by atoms with Crippen molar-refractivity contribution in [3.63, 3.8) is 0 Å². The Labute approximate surface area is 145 Å². The molecule has 0 amide bonds. The zero-order chi connectivity index (χ0) is 16.7. The van der Waals surface area contributed by atoms with Gasteiger partial charge in [0.15, 0.2) is 0 Å².